The molecule has 0 unspecified atom stereocenters. The third-order valence-corrected chi connectivity index (χ3v) is 3.62. The molecule has 0 aliphatic rings. The Morgan fingerprint density at radius 1 is 0.704 bits per heavy atom. The fourth-order valence-corrected chi connectivity index (χ4v) is 2.29. The number of nitrogens with one attached hydrogen (secondary N) is 3. The first-order chi connectivity index (χ1) is 13.2. The van der Waals surface area contributed by atoms with E-state index in [2.05, 4.69) is 21.2 Å². The predicted molar refractivity (Wildman–Crippen MR) is 107 cm³/mol. The monoisotopic (exact) mass is 358 g/mol. The van der Waals surface area contributed by atoms with Gasteiger partial charge >= 0.3 is 6.03 Å². The number of hydrazone groups is 1. The van der Waals surface area contributed by atoms with Crippen molar-refractivity contribution in [1.82, 2.24) is 5.43 Å². The van der Waals surface area contributed by atoms with Crippen molar-refractivity contribution in [2.75, 3.05) is 10.6 Å². The van der Waals surface area contributed by atoms with Gasteiger partial charge in [0.15, 0.2) is 0 Å². The molecule has 0 aliphatic carbocycles. The Hall–Kier alpha value is -3.93. The van der Waals surface area contributed by atoms with Crippen LogP contribution in [0.5, 0.6) is 0 Å². The predicted octanol–water partition coefficient (Wildman–Crippen LogP) is 4.09. The smallest absolute Gasteiger partial charge is 0.308 e. The molecule has 0 spiro atoms. The normalized spacial score (nSPS) is 10.4. The number of rotatable bonds is 5. The molecule has 0 saturated heterocycles. The van der Waals surface area contributed by atoms with E-state index in [0.29, 0.717) is 16.9 Å². The van der Waals surface area contributed by atoms with Crippen molar-refractivity contribution in [2.24, 2.45) is 5.10 Å². The van der Waals surface area contributed by atoms with E-state index in [1.807, 2.05) is 48.5 Å². The van der Waals surface area contributed by atoms with Crippen LogP contribution in [0.15, 0.2) is 90.0 Å². The number of carbonyl (C=O) groups is 2. The van der Waals surface area contributed by atoms with E-state index in [1.165, 1.54) is 0 Å². The second kappa shape index (κ2) is 8.96. The number of para-hydroxylation sites is 1. The molecule has 0 bridgehead atoms. The average Bonchev–Trinajstić information content (AvgIpc) is 2.70. The summed E-state index contributed by atoms with van der Waals surface area (Å²) in [6, 6.07) is 24.8. The molecular weight excluding hydrogens is 340 g/mol. The first kappa shape index (κ1) is 17.9. The van der Waals surface area contributed by atoms with E-state index >= 15 is 0 Å². The van der Waals surface area contributed by atoms with Crippen LogP contribution in [-0.4, -0.2) is 18.2 Å². The molecule has 3 N–H and O–H groups in total. The topological polar surface area (TPSA) is 82.6 Å². The Morgan fingerprint density at radius 3 is 1.89 bits per heavy atom. The first-order valence-electron chi connectivity index (χ1n) is 8.32. The summed E-state index contributed by atoms with van der Waals surface area (Å²) in [4.78, 5) is 24.0. The van der Waals surface area contributed by atoms with Crippen LogP contribution in [-0.2, 0) is 0 Å². The Morgan fingerprint density at radius 2 is 1.26 bits per heavy atom. The lowest BCUT2D eigenvalue weighted by Gasteiger charge is -2.08. The van der Waals surface area contributed by atoms with Gasteiger partial charge in [0.1, 0.15) is 0 Å². The number of hydrogen-bond donors (Lipinski definition) is 3. The highest BCUT2D eigenvalue weighted by molar-refractivity contribution is 6.00. The van der Waals surface area contributed by atoms with Crippen molar-refractivity contribution in [3.05, 3.63) is 96.1 Å². The summed E-state index contributed by atoms with van der Waals surface area (Å²) >= 11 is 0. The van der Waals surface area contributed by atoms with E-state index in [0.717, 1.165) is 5.56 Å². The number of benzene rings is 3. The van der Waals surface area contributed by atoms with Crippen molar-refractivity contribution < 1.29 is 9.59 Å². The third kappa shape index (κ3) is 5.54. The molecule has 0 aromatic heterocycles. The first-order valence-corrected chi connectivity index (χ1v) is 8.32. The van der Waals surface area contributed by atoms with Crippen LogP contribution in [0.25, 0.3) is 0 Å². The molecule has 3 aromatic carbocycles. The zero-order valence-electron chi connectivity index (χ0n) is 14.4. The van der Waals surface area contributed by atoms with Crippen molar-refractivity contribution in [3.8, 4) is 0 Å². The van der Waals surface area contributed by atoms with Crippen LogP contribution < -0.4 is 16.1 Å². The van der Waals surface area contributed by atoms with Gasteiger partial charge in [0, 0.05) is 16.9 Å². The number of amides is 3. The van der Waals surface area contributed by atoms with Crippen LogP contribution in [0.1, 0.15) is 15.9 Å². The standard InChI is InChI=1S/C21H18N4O2/c26-20(25-22-15-16-7-3-1-4-8-16)17-11-13-19(14-12-17)24-21(27)23-18-9-5-2-6-10-18/h1-15H,(H,25,26)(H2,23,24,27)/b22-15+. The summed E-state index contributed by atoms with van der Waals surface area (Å²) in [5.74, 6) is -0.331. The third-order valence-electron chi connectivity index (χ3n) is 3.62. The maximum absolute atomic E-state index is 12.1. The molecule has 3 amide bonds. The lowest BCUT2D eigenvalue weighted by Crippen LogP contribution is -2.20. The molecule has 0 saturated carbocycles. The molecular formula is C21H18N4O2. The van der Waals surface area contributed by atoms with Gasteiger partial charge in [0.05, 0.1) is 6.21 Å². The van der Waals surface area contributed by atoms with Gasteiger partial charge < -0.3 is 10.6 Å². The maximum Gasteiger partial charge on any atom is 0.323 e. The minimum Gasteiger partial charge on any atom is -0.308 e. The SMILES string of the molecule is O=C(Nc1ccccc1)Nc1ccc(C(=O)N/N=C/c2ccccc2)cc1. The summed E-state index contributed by atoms with van der Waals surface area (Å²) in [7, 11) is 0. The van der Waals surface area contributed by atoms with E-state index < -0.39 is 0 Å². The fourth-order valence-electron chi connectivity index (χ4n) is 2.29. The summed E-state index contributed by atoms with van der Waals surface area (Å²) in [6.07, 6.45) is 1.57. The van der Waals surface area contributed by atoms with Gasteiger partial charge in [-0.05, 0) is 42.0 Å². The van der Waals surface area contributed by atoms with Gasteiger partial charge in [0.2, 0.25) is 0 Å². The lowest BCUT2D eigenvalue weighted by molar-refractivity contribution is 0.0955. The highest BCUT2D eigenvalue weighted by Gasteiger charge is 2.06. The van der Waals surface area contributed by atoms with Crippen LogP contribution in [0.2, 0.25) is 0 Å². The zero-order valence-corrected chi connectivity index (χ0v) is 14.4. The molecule has 3 rings (SSSR count). The van der Waals surface area contributed by atoms with Gasteiger partial charge in [-0.15, -0.1) is 0 Å². The van der Waals surface area contributed by atoms with Crippen molar-refractivity contribution in [1.29, 1.82) is 0 Å². The molecule has 6 heteroatoms. The minimum absolute atomic E-state index is 0.331. The quantitative estimate of drug-likeness (QED) is 0.474. The molecule has 0 aliphatic heterocycles. The zero-order chi connectivity index (χ0) is 18.9. The highest BCUT2D eigenvalue weighted by Crippen LogP contribution is 2.11. The molecule has 3 aromatic rings. The van der Waals surface area contributed by atoms with Crippen LogP contribution in [0.3, 0.4) is 0 Å². The number of urea groups is 1. The van der Waals surface area contributed by atoms with E-state index in [9.17, 15) is 9.59 Å². The molecule has 0 fully saturated rings. The number of nitrogens with zero attached hydrogens (tertiary/aromatic N) is 1. The van der Waals surface area contributed by atoms with Crippen LogP contribution >= 0.6 is 0 Å². The van der Waals surface area contributed by atoms with Gasteiger partial charge in [-0.2, -0.15) is 5.10 Å². The number of carbonyl (C=O) groups excluding carboxylic acids is 2. The molecule has 27 heavy (non-hydrogen) atoms. The van der Waals surface area contributed by atoms with Crippen LogP contribution in [0, 0.1) is 0 Å². The fraction of sp³-hybridized carbons (Fsp3) is 0. The molecule has 6 nitrogen and oxygen atoms in total. The second-order valence-corrected chi connectivity index (χ2v) is 5.63. The number of anilines is 2. The van der Waals surface area contributed by atoms with Crippen LogP contribution in [0.4, 0.5) is 16.2 Å². The summed E-state index contributed by atoms with van der Waals surface area (Å²) < 4.78 is 0. The largest absolute Gasteiger partial charge is 0.323 e. The number of hydrogen-bond acceptors (Lipinski definition) is 3. The Bertz CT molecular complexity index is 923. The van der Waals surface area contributed by atoms with Gasteiger partial charge in [-0.1, -0.05) is 48.5 Å². The van der Waals surface area contributed by atoms with Crippen molar-refractivity contribution >= 4 is 29.5 Å². The van der Waals surface area contributed by atoms with Crippen molar-refractivity contribution in [3.63, 3.8) is 0 Å². The van der Waals surface area contributed by atoms with Gasteiger partial charge in [0.25, 0.3) is 5.91 Å². The minimum atomic E-state index is -0.356. The molecule has 134 valence electrons. The molecule has 0 radical (unpaired) electrons. The molecule has 0 heterocycles. The Labute approximate surface area is 156 Å². The summed E-state index contributed by atoms with van der Waals surface area (Å²) in [5, 5.41) is 9.36. The molecule has 0 atom stereocenters. The Kier molecular flexibility index (Phi) is 5.93. The van der Waals surface area contributed by atoms with Gasteiger partial charge in [-0.25, -0.2) is 10.2 Å². The van der Waals surface area contributed by atoms with Gasteiger partial charge in [-0.3, -0.25) is 4.79 Å². The average molecular weight is 358 g/mol. The van der Waals surface area contributed by atoms with E-state index in [4.69, 9.17) is 0 Å². The highest BCUT2D eigenvalue weighted by atomic mass is 16.2. The summed E-state index contributed by atoms with van der Waals surface area (Å²) in [6.45, 7) is 0. The Balaban J connectivity index is 1.52. The lowest BCUT2D eigenvalue weighted by atomic mass is 10.2. The van der Waals surface area contributed by atoms with Crippen molar-refractivity contribution in [2.45, 2.75) is 0 Å². The second-order valence-electron chi connectivity index (χ2n) is 5.63. The van der Waals surface area contributed by atoms with E-state index in [1.54, 1.807) is 42.6 Å². The summed E-state index contributed by atoms with van der Waals surface area (Å²) in [5.41, 5.74) is 5.07. The maximum atomic E-state index is 12.1. The van der Waals surface area contributed by atoms with E-state index in [-0.39, 0.29) is 11.9 Å².